The van der Waals surface area contributed by atoms with Gasteiger partial charge in [-0.1, -0.05) is 47.5 Å². The average Bonchev–Trinajstić information content (AvgIpc) is 2.97. The van der Waals surface area contributed by atoms with Gasteiger partial charge in [-0.3, -0.25) is 4.79 Å². The van der Waals surface area contributed by atoms with Crippen LogP contribution < -0.4 is 4.74 Å². The third kappa shape index (κ3) is 4.84. The van der Waals surface area contributed by atoms with Gasteiger partial charge in [0.05, 0.1) is 10.0 Å². The fourth-order valence-electron chi connectivity index (χ4n) is 2.26. The first-order valence-electron chi connectivity index (χ1n) is 7.85. The van der Waals surface area contributed by atoms with Crippen molar-refractivity contribution in [1.29, 1.82) is 0 Å². The highest BCUT2D eigenvalue weighted by Crippen LogP contribution is 2.27. The van der Waals surface area contributed by atoms with Crippen LogP contribution in [0.3, 0.4) is 0 Å². The van der Waals surface area contributed by atoms with Gasteiger partial charge in [-0.05, 0) is 41.5 Å². The van der Waals surface area contributed by atoms with Gasteiger partial charge in [0.15, 0.2) is 5.70 Å². The molecule has 27 heavy (non-hydrogen) atoms. The Balaban J connectivity index is 1.77. The van der Waals surface area contributed by atoms with E-state index in [-0.39, 0.29) is 11.6 Å². The number of hydrogen-bond acceptors (Lipinski definition) is 5. The quantitative estimate of drug-likeness (QED) is 0.413. The Morgan fingerprint density at radius 3 is 2.56 bits per heavy atom. The molecule has 0 radical (unpaired) electrons. The highest BCUT2D eigenvalue weighted by molar-refractivity contribution is 6.42. The van der Waals surface area contributed by atoms with Gasteiger partial charge in [0, 0.05) is 13.0 Å². The minimum absolute atomic E-state index is 0.152. The molecule has 0 fully saturated rings. The first-order valence-corrected chi connectivity index (χ1v) is 8.61. The van der Waals surface area contributed by atoms with Crippen molar-refractivity contribution in [3.63, 3.8) is 0 Å². The van der Waals surface area contributed by atoms with E-state index >= 15 is 0 Å². The lowest BCUT2D eigenvalue weighted by molar-refractivity contribution is -0.132. The smallest absolute Gasteiger partial charge is 0.363 e. The number of carbonyl (C=O) groups excluding carboxylic acids is 2. The van der Waals surface area contributed by atoms with Crippen LogP contribution in [0.4, 0.5) is 0 Å². The van der Waals surface area contributed by atoms with Crippen LogP contribution in [0.5, 0.6) is 5.75 Å². The van der Waals surface area contributed by atoms with Crippen molar-refractivity contribution >= 4 is 53.2 Å². The van der Waals surface area contributed by atoms with Gasteiger partial charge < -0.3 is 9.47 Å². The van der Waals surface area contributed by atoms with E-state index in [0.29, 0.717) is 26.9 Å². The second kappa shape index (κ2) is 8.20. The van der Waals surface area contributed by atoms with Crippen molar-refractivity contribution in [2.24, 2.45) is 4.99 Å². The summed E-state index contributed by atoms with van der Waals surface area (Å²) in [6, 6.07) is 11.9. The SMILES string of the molecule is CC(=O)Oc1ccc(C=C2N=C(C=Cc3cccc(Cl)c3Cl)OC2=O)cc1. The van der Waals surface area contributed by atoms with Gasteiger partial charge >= 0.3 is 11.9 Å². The molecular formula is C20H13Cl2NO4. The van der Waals surface area contributed by atoms with E-state index in [9.17, 15) is 9.59 Å². The fourth-order valence-corrected chi connectivity index (χ4v) is 2.63. The molecule has 0 saturated heterocycles. The van der Waals surface area contributed by atoms with Crippen molar-refractivity contribution in [2.75, 3.05) is 0 Å². The molecule has 2 aromatic rings. The number of cyclic esters (lactones) is 1. The first kappa shape index (κ1) is 18.9. The second-order valence-corrected chi connectivity index (χ2v) is 6.29. The molecular weight excluding hydrogens is 389 g/mol. The second-order valence-electron chi connectivity index (χ2n) is 5.51. The molecule has 2 aromatic carbocycles. The normalized spacial score (nSPS) is 15.1. The summed E-state index contributed by atoms with van der Waals surface area (Å²) in [5.74, 6) is -0.389. The van der Waals surface area contributed by atoms with E-state index in [4.69, 9.17) is 32.7 Å². The molecule has 1 heterocycles. The third-order valence-corrected chi connectivity index (χ3v) is 4.30. The molecule has 0 unspecified atom stereocenters. The van der Waals surface area contributed by atoms with Crippen LogP contribution >= 0.6 is 23.2 Å². The zero-order chi connectivity index (χ0) is 19.4. The maximum absolute atomic E-state index is 12.0. The van der Waals surface area contributed by atoms with Crippen LogP contribution in [-0.2, 0) is 14.3 Å². The van der Waals surface area contributed by atoms with Gasteiger partial charge in [-0.2, -0.15) is 0 Å². The first-order chi connectivity index (χ1) is 12.9. The lowest BCUT2D eigenvalue weighted by Crippen LogP contribution is -2.01. The monoisotopic (exact) mass is 401 g/mol. The van der Waals surface area contributed by atoms with Gasteiger partial charge in [0.25, 0.3) is 0 Å². The van der Waals surface area contributed by atoms with Crippen molar-refractivity contribution in [3.8, 4) is 5.75 Å². The summed E-state index contributed by atoms with van der Waals surface area (Å²) in [6.45, 7) is 1.32. The Kier molecular flexibility index (Phi) is 5.74. The van der Waals surface area contributed by atoms with Crippen molar-refractivity contribution in [1.82, 2.24) is 0 Å². The minimum atomic E-state index is -0.559. The van der Waals surface area contributed by atoms with Crippen molar-refractivity contribution in [3.05, 3.63) is 75.4 Å². The molecule has 0 spiro atoms. The van der Waals surface area contributed by atoms with Crippen LogP contribution in [0.15, 0.2) is 59.2 Å². The Morgan fingerprint density at radius 1 is 1.11 bits per heavy atom. The largest absolute Gasteiger partial charge is 0.427 e. The Labute approximate surface area is 165 Å². The minimum Gasteiger partial charge on any atom is -0.427 e. The predicted molar refractivity (Wildman–Crippen MR) is 105 cm³/mol. The van der Waals surface area contributed by atoms with Crippen LogP contribution in [0, 0.1) is 0 Å². The molecule has 0 aliphatic carbocycles. The van der Waals surface area contributed by atoms with Gasteiger partial charge in [0.1, 0.15) is 5.75 Å². The number of aliphatic imine (C=N–C) groups is 1. The molecule has 0 bridgehead atoms. The maximum atomic E-state index is 12.0. The van der Waals surface area contributed by atoms with Gasteiger partial charge in [0.2, 0.25) is 5.90 Å². The molecule has 7 heteroatoms. The standard InChI is InChI=1S/C20H13Cl2NO4/c1-12(24)26-15-8-5-13(6-9-15)11-17-20(25)27-18(23-17)10-7-14-3-2-4-16(21)19(14)22/h2-11H,1H3. The van der Waals surface area contributed by atoms with E-state index in [1.54, 1.807) is 60.7 Å². The molecule has 0 saturated carbocycles. The van der Waals surface area contributed by atoms with Crippen LogP contribution in [0.2, 0.25) is 10.0 Å². The van der Waals surface area contributed by atoms with E-state index in [0.717, 1.165) is 0 Å². The van der Waals surface area contributed by atoms with Crippen LogP contribution in [-0.4, -0.2) is 17.8 Å². The molecule has 136 valence electrons. The molecule has 0 aromatic heterocycles. The highest BCUT2D eigenvalue weighted by atomic mass is 35.5. The Bertz CT molecular complexity index is 992. The van der Waals surface area contributed by atoms with Crippen molar-refractivity contribution < 1.29 is 19.1 Å². The van der Waals surface area contributed by atoms with E-state index in [2.05, 4.69) is 4.99 Å². The summed E-state index contributed by atoms with van der Waals surface area (Å²) in [6.07, 6.45) is 4.78. The lowest BCUT2D eigenvalue weighted by Gasteiger charge is -2.00. The maximum Gasteiger partial charge on any atom is 0.363 e. The predicted octanol–water partition coefficient (Wildman–Crippen LogP) is 4.93. The zero-order valence-electron chi connectivity index (χ0n) is 14.1. The molecule has 1 aliphatic rings. The van der Waals surface area contributed by atoms with E-state index in [1.807, 2.05) is 0 Å². The molecule has 1 aliphatic heterocycles. The number of ether oxygens (including phenoxy) is 2. The molecule has 0 amide bonds. The molecule has 5 nitrogen and oxygen atoms in total. The molecule has 0 N–H and O–H groups in total. The fraction of sp³-hybridized carbons (Fsp3) is 0.0500. The number of rotatable bonds is 4. The number of halogens is 2. The number of benzene rings is 2. The van der Waals surface area contributed by atoms with Gasteiger partial charge in [-0.25, -0.2) is 9.79 Å². The summed E-state index contributed by atoms with van der Waals surface area (Å²) in [4.78, 5) is 27.1. The number of hydrogen-bond donors (Lipinski definition) is 0. The lowest BCUT2D eigenvalue weighted by atomic mass is 10.2. The topological polar surface area (TPSA) is 65.0 Å². The van der Waals surface area contributed by atoms with Crippen LogP contribution in [0.25, 0.3) is 12.2 Å². The number of esters is 2. The summed E-state index contributed by atoms with van der Waals surface area (Å²) in [7, 11) is 0. The summed E-state index contributed by atoms with van der Waals surface area (Å²) < 4.78 is 10.1. The molecule has 3 rings (SSSR count). The van der Waals surface area contributed by atoms with E-state index in [1.165, 1.54) is 6.92 Å². The van der Waals surface area contributed by atoms with Gasteiger partial charge in [-0.15, -0.1) is 0 Å². The summed E-state index contributed by atoms with van der Waals surface area (Å²) in [5, 5.41) is 0.839. The van der Waals surface area contributed by atoms with Crippen LogP contribution in [0.1, 0.15) is 18.1 Å². The van der Waals surface area contributed by atoms with E-state index < -0.39 is 11.9 Å². The summed E-state index contributed by atoms with van der Waals surface area (Å²) >= 11 is 12.1. The molecule has 0 atom stereocenters. The Hall–Kier alpha value is -2.89. The average molecular weight is 402 g/mol. The number of nitrogens with zero attached hydrogens (tertiary/aromatic N) is 1. The highest BCUT2D eigenvalue weighted by Gasteiger charge is 2.21. The third-order valence-electron chi connectivity index (χ3n) is 3.47. The zero-order valence-corrected chi connectivity index (χ0v) is 15.6. The van der Waals surface area contributed by atoms with Crippen molar-refractivity contribution in [2.45, 2.75) is 6.92 Å². The Morgan fingerprint density at radius 2 is 1.85 bits per heavy atom. The number of carbonyl (C=O) groups is 2. The summed E-state index contributed by atoms with van der Waals surface area (Å²) in [5.41, 5.74) is 1.55.